The highest BCUT2D eigenvalue weighted by molar-refractivity contribution is 6.31. The second-order valence-electron chi connectivity index (χ2n) is 4.57. The van der Waals surface area contributed by atoms with E-state index in [1.807, 2.05) is 41.1 Å². The van der Waals surface area contributed by atoms with E-state index in [1.54, 1.807) is 12.1 Å². The third-order valence-electron chi connectivity index (χ3n) is 3.21. The van der Waals surface area contributed by atoms with E-state index >= 15 is 0 Å². The van der Waals surface area contributed by atoms with Crippen molar-refractivity contribution in [2.45, 2.75) is 6.54 Å². The first-order valence-corrected chi connectivity index (χ1v) is 6.49. The lowest BCUT2D eigenvalue weighted by molar-refractivity contribution is -0.384. The molecule has 1 aromatic heterocycles. The maximum Gasteiger partial charge on any atom is 0.269 e. The smallest absolute Gasteiger partial charge is 0.269 e. The fourth-order valence-corrected chi connectivity index (χ4v) is 2.43. The van der Waals surface area contributed by atoms with Crippen molar-refractivity contribution in [3.05, 3.63) is 75.4 Å². The van der Waals surface area contributed by atoms with Gasteiger partial charge in [-0.3, -0.25) is 10.1 Å². The minimum Gasteiger partial charge on any atom is -0.343 e. The molecule has 0 aliphatic rings. The van der Waals surface area contributed by atoms with Gasteiger partial charge in [-0.05, 0) is 29.1 Å². The van der Waals surface area contributed by atoms with Crippen molar-refractivity contribution in [2.75, 3.05) is 0 Å². The molecule has 0 aliphatic heterocycles. The number of nitro groups is 1. The Morgan fingerprint density at radius 2 is 2.00 bits per heavy atom. The number of hydrogen-bond donors (Lipinski definition) is 0. The number of nitro benzene ring substituents is 1. The topological polar surface area (TPSA) is 48.1 Å². The van der Waals surface area contributed by atoms with Crippen LogP contribution in [0.5, 0.6) is 0 Å². The van der Waals surface area contributed by atoms with Gasteiger partial charge in [0.15, 0.2) is 0 Å². The Morgan fingerprint density at radius 3 is 2.80 bits per heavy atom. The van der Waals surface area contributed by atoms with Crippen LogP contribution in [0.4, 0.5) is 5.69 Å². The van der Waals surface area contributed by atoms with E-state index in [0.29, 0.717) is 11.6 Å². The van der Waals surface area contributed by atoms with Crippen LogP contribution in [0.1, 0.15) is 5.56 Å². The molecular weight excluding hydrogens is 276 g/mol. The van der Waals surface area contributed by atoms with Crippen LogP contribution in [0.2, 0.25) is 5.02 Å². The van der Waals surface area contributed by atoms with Crippen LogP contribution in [-0.4, -0.2) is 9.49 Å². The standard InChI is InChI=1S/C15H11ClN2O2/c16-13-5-4-12-6-7-17(15(12)9-13)10-11-2-1-3-14(8-11)18(19)20/h1-9H,10H2. The Bertz CT molecular complexity index is 795. The summed E-state index contributed by atoms with van der Waals surface area (Å²) in [7, 11) is 0. The highest BCUT2D eigenvalue weighted by Crippen LogP contribution is 2.22. The lowest BCUT2D eigenvalue weighted by Crippen LogP contribution is -1.98. The summed E-state index contributed by atoms with van der Waals surface area (Å²) >= 11 is 6.01. The molecule has 1 heterocycles. The molecule has 0 fully saturated rings. The summed E-state index contributed by atoms with van der Waals surface area (Å²) < 4.78 is 2.03. The molecule has 0 radical (unpaired) electrons. The predicted octanol–water partition coefficient (Wildman–Crippen LogP) is 4.25. The van der Waals surface area contributed by atoms with Crippen molar-refractivity contribution in [2.24, 2.45) is 0 Å². The molecule has 0 spiro atoms. The van der Waals surface area contributed by atoms with E-state index < -0.39 is 0 Å². The van der Waals surface area contributed by atoms with Gasteiger partial charge in [-0.2, -0.15) is 0 Å². The van der Waals surface area contributed by atoms with E-state index in [4.69, 9.17) is 11.6 Å². The Morgan fingerprint density at radius 1 is 1.15 bits per heavy atom. The van der Waals surface area contributed by atoms with Gasteiger partial charge in [0.25, 0.3) is 5.69 Å². The summed E-state index contributed by atoms with van der Waals surface area (Å²) in [5.41, 5.74) is 2.01. The van der Waals surface area contributed by atoms with E-state index in [2.05, 4.69) is 0 Å². The third kappa shape index (κ3) is 2.38. The number of aromatic nitrogens is 1. The van der Waals surface area contributed by atoms with Crippen molar-refractivity contribution in [3.8, 4) is 0 Å². The minimum atomic E-state index is -0.381. The van der Waals surface area contributed by atoms with E-state index in [9.17, 15) is 10.1 Å². The Balaban J connectivity index is 1.99. The van der Waals surface area contributed by atoms with E-state index in [-0.39, 0.29) is 10.6 Å². The number of benzene rings is 2. The first kappa shape index (κ1) is 12.7. The number of rotatable bonds is 3. The van der Waals surface area contributed by atoms with Crippen molar-refractivity contribution in [1.29, 1.82) is 0 Å². The normalized spacial score (nSPS) is 10.8. The van der Waals surface area contributed by atoms with Crippen LogP contribution in [0, 0.1) is 10.1 Å². The summed E-state index contributed by atoms with van der Waals surface area (Å²) in [4.78, 5) is 10.4. The second kappa shape index (κ2) is 4.98. The van der Waals surface area contributed by atoms with Crippen molar-refractivity contribution in [3.63, 3.8) is 0 Å². The molecule has 0 aliphatic carbocycles. The van der Waals surface area contributed by atoms with Crippen LogP contribution >= 0.6 is 11.6 Å². The summed E-state index contributed by atoms with van der Waals surface area (Å²) in [6.45, 7) is 0.575. The quantitative estimate of drug-likeness (QED) is 0.534. The third-order valence-corrected chi connectivity index (χ3v) is 3.45. The fraction of sp³-hybridized carbons (Fsp3) is 0.0667. The molecule has 5 heteroatoms. The zero-order valence-electron chi connectivity index (χ0n) is 10.5. The van der Waals surface area contributed by atoms with Crippen LogP contribution in [0.25, 0.3) is 10.9 Å². The highest BCUT2D eigenvalue weighted by Gasteiger charge is 2.07. The molecule has 2 aromatic carbocycles. The molecule has 0 unspecified atom stereocenters. The molecule has 100 valence electrons. The number of nitrogens with zero attached hydrogens (tertiary/aromatic N) is 2. The molecule has 0 N–H and O–H groups in total. The first-order valence-electron chi connectivity index (χ1n) is 6.11. The van der Waals surface area contributed by atoms with E-state index in [1.165, 1.54) is 6.07 Å². The Labute approximate surface area is 120 Å². The molecule has 0 saturated heterocycles. The van der Waals surface area contributed by atoms with Crippen molar-refractivity contribution >= 4 is 28.2 Å². The molecule has 3 aromatic rings. The summed E-state index contributed by atoms with van der Waals surface area (Å²) in [6, 6.07) is 14.4. The molecule has 3 rings (SSSR count). The molecule has 20 heavy (non-hydrogen) atoms. The molecule has 0 bridgehead atoms. The average Bonchev–Trinajstić information content (AvgIpc) is 2.82. The fourth-order valence-electron chi connectivity index (χ4n) is 2.26. The van der Waals surface area contributed by atoms with Gasteiger partial charge in [-0.25, -0.2) is 0 Å². The van der Waals surface area contributed by atoms with Crippen LogP contribution in [0.3, 0.4) is 0 Å². The summed E-state index contributed by atoms with van der Waals surface area (Å²) in [5, 5.41) is 12.6. The Kier molecular flexibility index (Phi) is 3.16. The first-order chi connectivity index (χ1) is 9.63. The van der Waals surface area contributed by atoms with Crippen molar-refractivity contribution < 1.29 is 4.92 Å². The number of hydrogen-bond acceptors (Lipinski definition) is 2. The van der Waals surface area contributed by atoms with Crippen LogP contribution in [0.15, 0.2) is 54.7 Å². The molecule has 0 amide bonds. The molecule has 0 saturated carbocycles. The van der Waals surface area contributed by atoms with Crippen molar-refractivity contribution in [1.82, 2.24) is 4.57 Å². The molecule has 0 atom stereocenters. The number of halogens is 1. The molecule has 4 nitrogen and oxygen atoms in total. The van der Waals surface area contributed by atoms with Gasteiger partial charge >= 0.3 is 0 Å². The Hall–Kier alpha value is -2.33. The molecular formula is C15H11ClN2O2. The summed E-state index contributed by atoms with van der Waals surface area (Å²) in [6.07, 6.45) is 1.96. The van der Waals surface area contributed by atoms with Gasteiger partial charge in [-0.15, -0.1) is 0 Å². The van der Waals surface area contributed by atoms with Gasteiger partial charge in [0, 0.05) is 35.4 Å². The van der Waals surface area contributed by atoms with Gasteiger partial charge < -0.3 is 4.57 Å². The maximum absolute atomic E-state index is 10.8. The minimum absolute atomic E-state index is 0.108. The predicted molar refractivity (Wildman–Crippen MR) is 79.1 cm³/mol. The van der Waals surface area contributed by atoms with Crippen LogP contribution in [-0.2, 0) is 6.54 Å². The largest absolute Gasteiger partial charge is 0.343 e. The van der Waals surface area contributed by atoms with Gasteiger partial charge in [0.1, 0.15) is 0 Å². The maximum atomic E-state index is 10.8. The zero-order chi connectivity index (χ0) is 14.1. The lowest BCUT2D eigenvalue weighted by atomic mass is 10.2. The van der Waals surface area contributed by atoms with Gasteiger partial charge in [0.2, 0.25) is 0 Å². The number of non-ortho nitro benzene ring substituents is 1. The van der Waals surface area contributed by atoms with Gasteiger partial charge in [0.05, 0.1) is 4.92 Å². The average molecular weight is 287 g/mol. The van der Waals surface area contributed by atoms with Crippen LogP contribution < -0.4 is 0 Å². The zero-order valence-corrected chi connectivity index (χ0v) is 11.2. The SMILES string of the molecule is O=[N+]([O-])c1cccc(Cn2ccc3ccc(Cl)cc32)c1. The van der Waals surface area contributed by atoms with E-state index in [0.717, 1.165) is 16.5 Å². The lowest BCUT2D eigenvalue weighted by Gasteiger charge is -2.06. The van der Waals surface area contributed by atoms with Gasteiger partial charge in [-0.1, -0.05) is 29.8 Å². The summed E-state index contributed by atoms with van der Waals surface area (Å²) in [5.74, 6) is 0. The monoisotopic (exact) mass is 286 g/mol. The number of fused-ring (bicyclic) bond motifs is 1. The highest BCUT2D eigenvalue weighted by atomic mass is 35.5. The second-order valence-corrected chi connectivity index (χ2v) is 5.01.